The number of nitrogens with one attached hydrogen (secondary N) is 2. The van der Waals surface area contributed by atoms with E-state index < -0.39 is 10.0 Å². The van der Waals surface area contributed by atoms with Crippen molar-refractivity contribution in [2.24, 2.45) is 0 Å². The molecule has 0 saturated heterocycles. The van der Waals surface area contributed by atoms with Crippen molar-refractivity contribution in [2.75, 3.05) is 23.4 Å². The van der Waals surface area contributed by atoms with Crippen molar-refractivity contribution in [1.29, 1.82) is 0 Å². The first-order valence-electron chi connectivity index (χ1n) is 6.40. The molecule has 2 aromatic rings. The van der Waals surface area contributed by atoms with Gasteiger partial charge in [-0.05, 0) is 48.5 Å². The van der Waals surface area contributed by atoms with Gasteiger partial charge in [0.05, 0.1) is 13.4 Å². The minimum Gasteiger partial charge on any atom is -0.497 e. The van der Waals surface area contributed by atoms with Gasteiger partial charge in [0.1, 0.15) is 5.75 Å². The Kier molecular flexibility index (Phi) is 4.67. The van der Waals surface area contributed by atoms with Crippen LogP contribution in [0.2, 0.25) is 0 Å². The predicted octanol–water partition coefficient (Wildman–Crippen LogP) is 2.32. The molecule has 0 spiro atoms. The molecule has 0 fully saturated rings. The molecule has 7 heteroatoms. The summed E-state index contributed by atoms with van der Waals surface area (Å²) in [6.45, 7) is 0. The van der Waals surface area contributed by atoms with Crippen LogP contribution in [0.5, 0.6) is 5.75 Å². The zero-order valence-electron chi connectivity index (χ0n) is 12.2. The third-order valence-corrected chi connectivity index (χ3v) is 3.40. The van der Waals surface area contributed by atoms with E-state index in [1.807, 2.05) is 0 Å². The van der Waals surface area contributed by atoms with Crippen LogP contribution in [0.3, 0.4) is 0 Å². The number of methoxy groups -OCH3 is 1. The molecule has 0 radical (unpaired) electrons. The largest absolute Gasteiger partial charge is 0.497 e. The minimum absolute atomic E-state index is 0.281. The Labute approximate surface area is 129 Å². The molecule has 0 aromatic heterocycles. The summed E-state index contributed by atoms with van der Waals surface area (Å²) in [4.78, 5) is 12.1. The van der Waals surface area contributed by atoms with Gasteiger partial charge in [-0.3, -0.25) is 9.52 Å². The van der Waals surface area contributed by atoms with E-state index in [2.05, 4.69) is 10.0 Å². The first kappa shape index (κ1) is 15.8. The number of benzene rings is 2. The maximum Gasteiger partial charge on any atom is 0.255 e. The summed E-state index contributed by atoms with van der Waals surface area (Å²) in [7, 11) is -1.76. The van der Waals surface area contributed by atoms with Crippen LogP contribution >= 0.6 is 0 Å². The number of hydrogen-bond acceptors (Lipinski definition) is 4. The highest BCUT2D eigenvalue weighted by atomic mass is 32.2. The smallest absolute Gasteiger partial charge is 0.255 e. The molecule has 6 nitrogen and oxygen atoms in total. The molecule has 0 bridgehead atoms. The molecule has 0 aliphatic rings. The lowest BCUT2D eigenvalue weighted by Crippen LogP contribution is -2.12. The molecule has 116 valence electrons. The van der Waals surface area contributed by atoms with Crippen LogP contribution < -0.4 is 14.8 Å². The molecule has 0 unspecified atom stereocenters. The predicted molar refractivity (Wildman–Crippen MR) is 85.9 cm³/mol. The summed E-state index contributed by atoms with van der Waals surface area (Å²) >= 11 is 0. The zero-order chi connectivity index (χ0) is 16.2. The van der Waals surface area contributed by atoms with Crippen LogP contribution in [0.4, 0.5) is 11.4 Å². The lowest BCUT2D eigenvalue weighted by atomic mass is 10.2. The van der Waals surface area contributed by atoms with Crippen LogP contribution in [0.25, 0.3) is 0 Å². The van der Waals surface area contributed by atoms with Crippen molar-refractivity contribution in [2.45, 2.75) is 0 Å². The van der Waals surface area contributed by atoms with Gasteiger partial charge in [0.15, 0.2) is 0 Å². The average Bonchev–Trinajstić information content (AvgIpc) is 2.47. The van der Waals surface area contributed by atoms with Crippen LogP contribution in [0.1, 0.15) is 10.4 Å². The van der Waals surface area contributed by atoms with Gasteiger partial charge in [-0.25, -0.2) is 8.42 Å². The van der Waals surface area contributed by atoms with E-state index in [1.54, 1.807) is 43.5 Å². The van der Waals surface area contributed by atoms with Gasteiger partial charge >= 0.3 is 0 Å². The molecule has 0 aliphatic carbocycles. The van der Waals surface area contributed by atoms with Crippen molar-refractivity contribution in [3.05, 3.63) is 54.1 Å². The number of ether oxygens (including phenoxy) is 1. The van der Waals surface area contributed by atoms with Gasteiger partial charge in [-0.2, -0.15) is 0 Å². The summed E-state index contributed by atoms with van der Waals surface area (Å²) in [5.41, 5.74) is 1.47. The first-order chi connectivity index (χ1) is 10.4. The van der Waals surface area contributed by atoms with E-state index >= 15 is 0 Å². The van der Waals surface area contributed by atoms with Crippen molar-refractivity contribution >= 4 is 27.3 Å². The van der Waals surface area contributed by atoms with E-state index in [0.29, 0.717) is 22.7 Å². The van der Waals surface area contributed by atoms with E-state index in [9.17, 15) is 13.2 Å². The molecule has 0 heterocycles. The molecule has 2 N–H and O–H groups in total. The highest BCUT2D eigenvalue weighted by Gasteiger charge is 2.07. The van der Waals surface area contributed by atoms with Crippen LogP contribution in [-0.2, 0) is 10.0 Å². The second kappa shape index (κ2) is 6.48. The quantitative estimate of drug-likeness (QED) is 0.885. The van der Waals surface area contributed by atoms with Crippen molar-refractivity contribution < 1.29 is 17.9 Å². The van der Waals surface area contributed by atoms with Gasteiger partial charge in [0, 0.05) is 16.9 Å². The Hall–Kier alpha value is -2.54. The van der Waals surface area contributed by atoms with Crippen molar-refractivity contribution in [3.8, 4) is 5.75 Å². The second-order valence-corrected chi connectivity index (χ2v) is 6.38. The van der Waals surface area contributed by atoms with Crippen molar-refractivity contribution in [1.82, 2.24) is 0 Å². The maximum atomic E-state index is 12.1. The van der Waals surface area contributed by atoms with Gasteiger partial charge < -0.3 is 10.1 Å². The van der Waals surface area contributed by atoms with Crippen LogP contribution in [-0.4, -0.2) is 27.7 Å². The molecule has 0 saturated carbocycles. The number of rotatable bonds is 5. The van der Waals surface area contributed by atoms with E-state index in [4.69, 9.17) is 4.74 Å². The third-order valence-electron chi connectivity index (χ3n) is 2.80. The molecule has 0 atom stereocenters. The standard InChI is InChI=1S/C15H16N2O4S/c1-21-14-9-7-12(8-10-14)16-15(18)11-3-5-13(6-4-11)17-22(2,19)20/h3-10,17H,1-2H3,(H,16,18). The third kappa shape index (κ3) is 4.49. The van der Waals surface area contributed by atoms with Gasteiger partial charge in [0.2, 0.25) is 10.0 Å². The average molecular weight is 320 g/mol. The fourth-order valence-electron chi connectivity index (χ4n) is 1.78. The number of hydrogen-bond donors (Lipinski definition) is 2. The summed E-state index contributed by atoms with van der Waals surface area (Å²) in [6.07, 6.45) is 1.07. The molecule has 22 heavy (non-hydrogen) atoms. The highest BCUT2D eigenvalue weighted by molar-refractivity contribution is 7.92. The zero-order valence-corrected chi connectivity index (χ0v) is 13.0. The Morgan fingerprint density at radius 3 is 2.00 bits per heavy atom. The molecular weight excluding hydrogens is 304 g/mol. The highest BCUT2D eigenvalue weighted by Crippen LogP contribution is 2.17. The monoisotopic (exact) mass is 320 g/mol. The summed E-state index contributed by atoms with van der Waals surface area (Å²) in [5, 5.41) is 2.74. The van der Waals surface area contributed by atoms with Crippen molar-refractivity contribution in [3.63, 3.8) is 0 Å². The number of carbonyl (C=O) groups is 1. The molecule has 2 rings (SSSR count). The number of sulfonamides is 1. The lowest BCUT2D eigenvalue weighted by molar-refractivity contribution is 0.102. The first-order valence-corrected chi connectivity index (χ1v) is 8.30. The summed E-state index contributed by atoms with van der Waals surface area (Å²) in [5.74, 6) is 0.422. The summed E-state index contributed by atoms with van der Waals surface area (Å²) < 4.78 is 29.6. The second-order valence-electron chi connectivity index (χ2n) is 4.63. The Bertz CT molecular complexity index is 753. The van der Waals surface area contributed by atoms with E-state index in [0.717, 1.165) is 6.26 Å². The molecular formula is C15H16N2O4S. The number of amides is 1. The SMILES string of the molecule is COc1ccc(NC(=O)c2ccc(NS(C)(=O)=O)cc2)cc1. The molecule has 1 amide bonds. The minimum atomic E-state index is -3.33. The van der Waals surface area contributed by atoms with Gasteiger partial charge in [0.25, 0.3) is 5.91 Å². The van der Waals surface area contributed by atoms with Gasteiger partial charge in [-0.1, -0.05) is 0 Å². The van der Waals surface area contributed by atoms with E-state index in [1.165, 1.54) is 12.1 Å². The normalized spacial score (nSPS) is 10.8. The number of anilines is 2. The summed E-state index contributed by atoms with van der Waals surface area (Å²) in [6, 6.07) is 13.1. The topological polar surface area (TPSA) is 84.5 Å². The Morgan fingerprint density at radius 2 is 1.50 bits per heavy atom. The lowest BCUT2D eigenvalue weighted by Gasteiger charge is -2.08. The fraction of sp³-hybridized carbons (Fsp3) is 0.133. The van der Waals surface area contributed by atoms with Crippen LogP contribution in [0.15, 0.2) is 48.5 Å². The molecule has 2 aromatic carbocycles. The number of carbonyl (C=O) groups excluding carboxylic acids is 1. The maximum absolute atomic E-state index is 12.1. The Balaban J connectivity index is 2.05. The fourth-order valence-corrected chi connectivity index (χ4v) is 2.35. The Morgan fingerprint density at radius 1 is 0.955 bits per heavy atom. The van der Waals surface area contributed by atoms with Crippen LogP contribution in [0, 0.1) is 0 Å². The molecule has 0 aliphatic heterocycles. The van der Waals surface area contributed by atoms with E-state index in [-0.39, 0.29) is 5.91 Å². The van der Waals surface area contributed by atoms with Gasteiger partial charge in [-0.15, -0.1) is 0 Å².